The summed E-state index contributed by atoms with van der Waals surface area (Å²) < 4.78 is 12.3. The molecule has 3 aromatic rings. The third-order valence-electron chi connectivity index (χ3n) is 7.16. The summed E-state index contributed by atoms with van der Waals surface area (Å²) in [6.45, 7) is 14.9. The van der Waals surface area contributed by atoms with E-state index in [1.807, 2.05) is 52.0 Å². The van der Waals surface area contributed by atoms with Crippen molar-refractivity contribution in [1.29, 1.82) is 0 Å². The Balaban J connectivity index is 2.08. The minimum absolute atomic E-state index is 0.328. The summed E-state index contributed by atoms with van der Waals surface area (Å²) in [5.74, 6) is 0. The molecule has 0 heterocycles. The first kappa shape index (κ1) is 25.8. The molecule has 174 valence electrons. The number of benzene rings is 3. The average Bonchev–Trinajstić information content (AvgIpc) is 2.71. The Labute approximate surface area is 199 Å². The number of rotatable bonds is 9. The van der Waals surface area contributed by atoms with Gasteiger partial charge in [-0.05, 0) is 76.9 Å². The molecule has 3 aromatic carbocycles. The zero-order chi connectivity index (χ0) is 24.7. The van der Waals surface area contributed by atoms with E-state index in [9.17, 15) is 10.2 Å². The lowest BCUT2D eigenvalue weighted by Gasteiger charge is -2.38. The second kappa shape index (κ2) is 9.07. The molecule has 2 N–H and O–H groups in total. The van der Waals surface area contributed by atoms with E-state index in [0.717, 1.165) is 32.5 Å². The lowest BCUT2D eigenvalue weighted by Crippen LogP contribution is -2.52. The van der Waals surface area contributed by atoms with Gasteiger partial charge in [-0.15, -0.1) is 0 Å². The molecule has 0 saturated carbocycles. The van der Waals surface area contributed by atoms with Crippen LogP contribution in [0.4, 0.5) is 0 Å². The van der Waals surface area contributed by atoms with Crippen molar-refractivity contribution >= 4 is 47.2 Å². The van der Waals surface area contributed by atoms with Gasteiger partial charge in [0.1, 0.15) is 0 Å². The molecule has 0 aliphatic carbocycles. The number of hydrogen-bond acceptors (Lipinski definition) is 4. The van der Waals surface area contributed by atoms with Crippen molar-refractivity contribution in [3.8, 4) is 0 Å². The first-order chi connectivity index (χ1) is 15.2. The summed E-state index contributed by atoms with van der Waals surface area (Å²) >= 11 is 0. The molecule has 6 heteroatoms. The Bertz CT molecular complexity index is 1120. The van der Waals surface area contributed by atoms with Crippen molar-refractivity contribution in [3.05, 3.63) is 48.5 Å². The maximum Gasteiger partial charge on any atom is 0.330 e. The van der Waals surface area contributed by atoms with E-state index in [1.165, 1.54) is 0 Å². The van der Waals surface area contributed by atoms with E-state index in [0.29, 0.717) is 6.51 Å². The van der Waals surface area contributed by atoms with E-state index < -0.39 is 22.4 Å². The molecule has 0 aromatic heterocycles. The molecule has 33 heavy (non-hydrogen) atoms. The summed E-state index contributed by atoms with van der Waals surface area (Å²) in [5.41, 5.74) is -1.59. The Hall–Kier alpha value is -1.85. The second-order valence-electron chi connectivity index (χ2n) is 10.8. The van der Waals surface area contributed by atoms with Gasteiger partial charge in [-0.25, -0.2) is 0 Å². The standard InChI is InChI=1S/C27H36B2O4/c1-24(2,30)26(5,6)32-17-28-22-20-15-11-9-13-18(20)19-14-10-12-16-21(19)23(22)29-33-27(7,8)25(3,4)31/h9-16,30-31H,17H2,1-8H3. The van der Waals surface area contributed by atoms with Gasteiger partial charge in [0, 0.05) is 6.51 Å². The summed E-state index contributed by atoms with van der Waals surface area (Å²) in [4.78, 5) is 0. The van der Waals surface area contributed by atoms with E-state index in [4.69, 9.17) is 9.39 Å². The van der Waals surface area contributed by atoms with Crippen molar-refractivity contribution in [1.82, 2.24) is 0 Å². The van der Waals surface area contributed by atoms with Crippen molar-refractivity contribution in [2.75, 3.05) is 6.51 Å². The highest BCUT2D eigenvalue weighted by molar-refractivity contribution is 6.70. The van der Waals surface area contributed by atoms with Gasteiger partial charge >= 0.3 is 7.48 Å². The molecule has 0 aliphatic heterocycles. The zero-order valence-electron chi connectivity index (χ0n) is 21.2. The maximum atomic E-state index is 10.6. The zero-order valence-corrected chi connectivity index (χ0v) is 21.2. The lowest BCUT2D eigenvalue weighted by atomic mass is 9.60. The van der Waals surface area contributed by atoms with Gasteiger partial charge in [0.2, 0.25) is 0 Å². The molecule has 0 unspecified atom stereocenters. The van der Waals surface area contributed by atoms with Crippen molar-refractivity contribution in [3.63, 3.8) is 0 Å². The smallest absolute Gasteiger partial charge is 0.330 e. The highest BCUT2D eigenvalue weighted by atomic mass is 16.5. The van der Waals surface area contributed by atoms with E-state index in [-0.39, 0.29) is 0 Å². The Morgan fingerprint density at radius 1 is 0.636 bits per heavy atom. The van der Waals surface area contributed by atoms with Gasteiger partial charge in [0.25, 0.3) is 0 Å². The van der Waals surface area contributed by atoms with Gasteiger partial charge in [-0.2, -0.15) is 0 Å². The largest absolute Gasteiger partial charge is 0.427 e. The van der Waals surface area contributed by atoms with Crippen LogP contribution in [0.5, 0.6) is 0 Å². The third-order valence-corrected chi connectivity index (χ3v) is 7.16. The van der Waals surface area contributed by atoms with Gasteiger partial charge in [0.05, 0.1) is 22.4 Å². The Morgan fingerprint density at radius 2 is 1.06 bits per heavy atom. The van der Waals surface area contributed by atoms with Crippen molar-refractivity contribution in [2.45, 2.75) is 77.8 Å². The van der Waals surface area contributed by atoms with Gasteiger partial charge in [0.15, 0.2) is 7.28 Å². The molecule has 3 rings (SSSR count). The molecule has 0 aliphatic rings. The molecule has 4 nitrogen and oxygen atoms in total. The first-order valence-electron chi connectivity index (χ1n) is 11.5. The molecule has 0 fully saturated rings. The highest BCUT2D eigenvalue weighted by Gasteiger charge is 2.37. The van der Waals surface area contributed by atoms with Crippen molar-refractivity contribution in [2.24, 2.45) is 0 Å². The number of ether oxygens (including phenoxy) is 1. The molecular formula is C27H36B2O4. The summed E-state index contributed by atoms with van der Waals surface area (Å²) in [6, 6.07) is 16.6. The van der Waals surface area contributed by atoms with Crippen LogP contribution >= 0.6 is 0 Å². The highest BCUT2D eigenvalue weighted by Crippen LogP contribution is 2.27. The molecule has 0 spiro atoms. The first-order valence-corrected chi connectivity index (χ1v) is 11.5. The minimum Gasteiger partial charge on any atom is -0.427 e. The Morgan fingerprint density at radius 3 is 1.52 bits per heavy atom. The maximum absolute atomic E-state index is 10.6. The molecule has 0 bridgehead atoms. The second-order valence-corrected chi connectivity index (χ2v) is 10.8. The van der Waals surface area contributed by atoms with Gasteiger partial charge in [-0.1, -0.05) is 59.5 Å². The minimum atomic E-state index is -1.03. The van der Waals surface area contributed by atoms with Gasteiger partial charge < -0.3 is 19.6 Å². The molecule has 0 saturated heterocycles. The quantitative estimate of drug-likeness (QED) is 0.389. The van der Waals surface area contributed by atoms with Crippen LogP contribution in [0.25, 0.3) is 21.5 Å². The molecule has 2 radical (unpaired) electrons. The number of aliphatic hydroxyl groups is 2. The van der Waals surface area contributed by atoms with Crippen LogP contribution in [0.2, 0.25) is 0 Å². The van der Waals surface area contributed by atoms with Crippen LogP contribution in [0.3, 0.4) is 0 Å². The van der Waals surface area contributed by atoms with E-state index in [1.54, 1.807) is 35.2 Å². The monoisotopic (exact) mass is 446 g/mol. The fourth-order valence-electron chi connectivity index (χ4n) is 3.40. The third kappa shape index (κ3) is 5.30. The van der Waals surface area contributed by atoms with Gasteiger partial charge in [-0.3, -0.25) is 0 Å². The van der Waals surface area contributed by atoms with E-state index in [2.05, 4.69) is 31.5 Å². The lowest BCUT2D eigenvalue weighted by molar-refractivity contribution is -0.135. The Kier molecular flexibility index (Phi) is 7.08. The molecular weight excluding hydrogens is 410 g/mol. The SMILES string of the molecule is CC(C)(O)C(C)(C)O[B]c1c([B]COC(C)(C)C(C)(C)O)c2ccccc2c2ccccc12. The number of hydrogen-bond donors (Lipinski definition) is 2. The van der Waals surface area contributed by atoms with E-state index >= 15 is 0 Å². The fraction of sp³-hybridized carbons (Fsp3) is 0.481. The average molecular weight is 446 g/mol. The predicted octanol–water partition coefficient (Wildman–Crippen LogP) is 3.66. The topological polar surface area (TPSA) is 58.9 Å². The fourth-order valence-corrected chi connectivity index (χ4v) is 3.40. The molecule has 0 amide bonds. The van der Waals surface area contributed by atoms with Crippen LogP contribution < -0.4 is 10.9 Å². The predicted molar refractivity (Wildman–Crippen MR) is 140 cm³/mol. The molecule has 0 atom stereocenters. The van der Waals surface area contributed by atoms with Crippen LogP contribution in [0.15, 0.2) is 48.5 Å². The normalized spacial score (nSPS) is 13.5. The van der Waals surface area contributed by atoms with Crippen LogP contribution in [-0.2, 0) is 9.39 Å². The van der Waals surface area contributed by atoms with Crippen LogP contribution in [0, 0.1) is 0 Å². The summed E-state index contributed by atoms with van der Waals surface area (Å²) in [7, 11) is 3.81. The van der Waals surface area contributed by atoms with Crippen LogP contribution in [0.1, 0.15) is 55.4 Å². The summed E-state index contributed by atoms with van der Waals surface area (Å²) in [6.07, 6.45) is 0. The van der Waals surface area contributed by atoms with Crippen LogP contribution in [-0.4, -0.2) is 53.9 Å². The van der Waals surface area contributed by atoms with Crippen molar-refractivity contribution < 1.29 is 19.6 Å². The number of fused-ring (bicyclic) bond motifs is 3. The summed E-state index contributed by atoms with van der Waals surface area (Å²) in [5, 5.41) is 25.5.